The van der Waals surface area contributed by atoms with Gasteiger partial charge in [-0.25, -0.2) is 15.0 Å². The van der Waals surface area contributed by atoms with E-state index in [4.69, 9.17) is 9.97 Å². The van der Waals surface area contributed by atoms with Gasteiger partial charge in [0, 0.05) is 54.4 Å². The second-order valence-electron chi connectivity index (χ2n) is 8.87. The summed E-state index contributed by atoms with van der Waals surface area (Å²) in [6.45, 7) is 4.53. The summed E-state index contributed by atoms with van der Waals surface area (Å²) >= 11 is 0. The topological polar surface area (TPSA) is 82.6 Å². The zero-order chi connectivity index (χ0) is 22.7. The zero-order valence-electron chi connectivity index (χ0n) is 17.9. The van der Waals surface area contributed by atoms with Gasteiger partial charge in [-0.15, -0.1) is 0 Å². The summed E-state index contributed by atoms with van der Waals surface area (Å²) in [5.74, 6) is 1.66. The summed E-state index contributed by atoms with van der Waals surface area (Å²) < 4.78 is 40.0. The Balaban J connectivity index is 1.58. The standard InChI is InChI=1S/C23H22F3N7/c1-12-11-33(7-6-28-12)22-19-16(13-2-3-13)9-27-10-17(19)30-21(32-22)14-4-5-29-20-15(14)8-18(31-20)23(24,25)26/h4-5,8-10,12-13,28H,2-3,6-7,11H2,1H3,(H,29,31). The van der Waals surface area contributed by atoms with Crippen molar-refractivity contribution in [2.75, 3.05) is 24.5 Å². The third kappa shape index (κ3) is 3.58. The summed E-state index contributed by atoms with van der Waals surface area (Å²) in [6.07, 6.45) is 2.85. The van der Waals surface area contributed by atoms with Crippen LogP contribution < -0.4 is 10.2 Å². The van der Waals surface area contributed by atoms with E-state index in [2.05, 4.69) is 32.1 Å². The van der Waals surface area contributed by atoms with Crippen molar-refractivity contribution < 1.29 is 13.2 Å². The number of aromatic nitrogens is 5. The van der Waals surface area contributed by atoms with Gasteiger partial charge in [0.05, 0.1) is 11.7 Å². The fourth-order valence-corrected chi connectivity index (χ4v) is 4.64. The van der Waals surface area contributed by atoms with Crippen molar-refractivity contribution in [3.63, 3.8) is 0 Å². The zero-order valence-corrected chi connectivity index (χ0v) is 17.9. The Bertz CT molecular complexity index is 1360. The van der Waals surface area contributed by atoms with Crippen LogP contribution in [0.4, 0.5) is 19.0 Å². The smallest absolute Gasteiger partial charge is 0.353 e. The Morgan fingerprint density at radius 1 is 1.15 bits per heavy atom. The quantitative estimate of drug-likeness (QED) is 0.482. The number of hydrogen-bond donors (Lipinski definition) is 2. The molecule has 0 radical (unpaired) electrons. The van der Waals surface area contributed by atoms with E-state index >= 15 is 0 Å². The maximum atomic E-state index is 13.3. The van der Waals surface area contributed by atoms with Crippen LogP contribution in [0.1, 0.15) is 36.9 Å². The summed E-state index contributed by atoms with van der Waals surface area (Å²) in [6, 6.07) is 3.04. The van der Waals surface area contributed by atoms with Crippen LogP contribution in [-0.4, -0.2) is 50.6 Å². The fourth-order valence-electron chi connectivity index (χ4n) is 4.64. The number of hydrogen-bond acceptors (Lipinski definition) is 6. The number of H-pyrrole nitrogens is 1. The summed E-state index contributed by atoms with van der Waals surface area (Å²) in [5.41, 5.74) is 1.69. The second-order valence-corrected chi connectivity index (χ2v) is 8.87. The minimum absolute atomic E-state index is 0.158. The molecule has 170 valence electrons. The Hall–Kier alpha value is -3.27. The number of nitrogens with zero attached hydrogens (tertiary/aromatic N) is 5. The fraction of sp³-hybridized carbons (Fsp3) is 0.391. The molecule has 1 saturated carbocycles. The van der Waals surface area contributed by atoms with Crippen LogP contribution in [-0.2, 0) is 6.18 Å². The Morgan fingerprint density at radius 3 is 2.76 bits per heavy atom. The van der Waals surface area contributed by atoms with Gasteiger partial charge in [-0.3, -0.25) is 4.98 Å². The Morgan fingerprint density at radius 2 is 2.00 bits per heavy atom. The van der Waals surface area contributed by atoms with Crippen molar-refractivity contribution in [3.8, 4) is 11.4 Å². The summed E-state index contributed by atoms with van der Waals surface area (Å²) in [4.78, 5) is 22.9. The maximum absolute atomic E-state index is 13.3. The van der Waals surface area contributed by atoms with Crippen LogP contribution in [0.15, 0.2) is 30.7 Å². The van der Waals surface area contributed by atoms with Crippen molar-refractivity contribution in [1.82, 2.24) is 30.2 Å². The molecule has 5 heterocycles. The Labute approximate surface area is 187 Å². The van der Waals surface area contributed by atoms with Gasteiger partial charge >= 0.3 is 6.18 Å². The highest BCUT2D eigenvalue weighted by molar-refractivity contribution is 5.97. The van der Waals surface area contributed by atoms with Crippen molar-refractivity contribution in [1.29, 1.82) is 0 Å². The molecule has 2 N–H and O–H groups in total. The predicted octanol–water partition coefficient (Wildman–Crippen LogP) is 4.26. The molecule has 1 atom stereocenters. The van der Waals surface area contributed by atoms with Crippen molar-refractivity contribution in [3.05, 3.63) is 42.0 Å². The molecule has 0 spiro atoms. The third-order valence-corrected chi connectivity index (χ3v) is 6.38. The minimum Gasteiger partial charge on any atom is -0.353 e. The van der Waals surface area contributed by atoms with Crippen LogP contribution in [0.2, 0.25) is 0 Å². The monoisotopic (exact) mass is 453 g/mol. The lowest BCUT2D eigenvalue weighted by Gasteiger charge is -2.33. The number of fused-ring (bicyclic) bond motifs is 2. The van der Waals surface area contributed by atoms with E-state index in [0.717, 1.165) is 55.3 Å². The number of anilines is 1. The normalized spacial score (nSPS) is 19.5. The van der Waals surface area contributed by atoms with Gasteiger partial charge < -0.3 is 15.2 Å². The number of nitrogens with one attached hydrogen (secondary N) is 2. The van der Waals surface area contributed by atoms with E-state index < -0.39 is 11.9 Å². The van der Waals surface area contributed by atoms with Crippen LogP contribution >= 0.6 is 0 Å². The highest BCUT2D eigenvalue weighted by Gasteiger charge is 2.34. The van der Waals surface area contributed by atoms with Crippen molar-refractivity contribution >= 4 is 27.8 Å². The SMILES string of the molecule is CC1CN(c2nc(-c3ccnc4[nH]c(C(F)(F)F)cc34)nc3cncc(C4CC4)c23)CCN1. The molecule has 1 saturated heterocycles. The van der Waals surface area contributed by atoms with E-state index in [1.54, 1.807) is 12.3 Å². The van der Waals surface area contributed by atoms with E-state index in [1.807, 2.05) is 6.20 Å². The van der Waals surface area contributed by atoms with Crippen LogP contribution in [0, 0.1) is 0 Å². The lowest BCUT2D eigenvalue weighted by atomic mass is 10.1. The molecule has 0 amide bonds. The van der Waals surface area contributed by atoms with Gasteiger partial charge in [0.2, 0.25) is 0 Å². The van der Waals surface area contributed by atoms with E-state index in [1.165, 1.54) is 6.20 Å². The predicted molar refractivity (Wildman–Crippen MR) is 119 cm³/mol. The first kappa shape index (κ1) is 20.3. The lowest BCUT2D eigenvalue weighted by Crippen LogP contribution is -2.49. The molecule has 4 aromatic rings. The van der Waals surface area contributed by atoms with Gasteiger partial charge in [0.1, 0.15) is 17.2 Å². The molecule has 1 aliphatic carbocycles. The van der Waals surface area contributed by atoms with E-state index in [9.17, 15) is 13.2 Å². The summed E-state index contributed by atoms with van der Waals surface area (Å²) in [7, 11) is 0. The average Bonchev–Trinajstić information content (AvgIpc) is 3.54. The molecule has 10 heteroatoms. The molecular formula is C23H22F3N7. The number of halogens is 3. The molecule has 2 fully saturated rings. The number of rotatable bonds is 3. The van der Waals surface area contributed by atoms with Gasteiger partial charge in [0.25, 0.3) is 0 Å². The molecule has 1 unspecified atom stereocenters. The van der Waals surface area contributed by atoms with Gasteiger partial charge in [-0.1, -0.05) is 0 Å². The maximum Gasteiger partial charge on any atom is 0.431 e. The first-order valence-electron chi connectivity index (χ1n) is 11.1. The molecule has 0 bridgehead atoms. The van der Waals surface area contributed by atoms with Crippen molar-refractivity contribution in [2.45, 2.75) is 37.9 Å². The molecule has 6 rings (SSSR count). The lowest BCUT2D eigenvalue weighted by molar-refractivity contribution is -0.140. The first-order chi connectivity index (χ1) is 15.9. The van der Waals surface area contributed by atoms with Crippen LogP contribution in [0.3, 0.4) is 0 Å². The number of piperazine rings is 1. The van der Waals surface area contributed by atoms with Gasteiger partial charge in [-0.05, 0) is 43.4 Å². The second kappa shape index (κ2) is 7.38. The van der Waals surface area contributed by atoms with E-state index in [0.29, 0.717) is 34.3 Å². The molecule has 0 aromatic carbocycles. The van der Waals surface area contributed by atoms with Crippen LogP contribution in [0.25, 0.3) is 33.3 Å². The molecule has 2 aliphatic rings. The molecule has 33 heavy (non-hydrogen) atoms. The number of aromatic amines is 1. The van der Waals surface area contributed by atoms with Crippen molar-refractivity contribution in [2.24, 2.45) is 0 Å². The first-order valence-corrected chi connectivity index (χ1v) is 11.1. The minimum atomic E-state index is -4.49. The molecule has 1 aliphatic heterocycles. The largest absolute Gasteiger partial charge is 0.431 e. The van der Waals surface area contributed by atoms with Crippen LogP contribution in [0.5, 0.6) is 0 Å². The Kier molecular flexibility index (Phi) is 4.55. The average molecular weight is 453 g/mol. The third-order valence-electron chi connectivity index (χ3n) is 6.38. The number of alkyl halides is 3. The molecule has 4 aromatic heterocycles. The molecule has 7 nitrogen and oxygen atoms in total. The van der Waals surface area contributed by atoms with Gasteiger partial charge in [0.15, 0.2) is 5.82 Å². The van der Waals surface area contributed by atoms with E-state index in [-0.39, 0.29) is 5.65 Å². The number of pyridine rings is 2. The summed E-state index contributed by atoms with van der Waals surface area (Å²) in [5, 5.41) is 4.79. The highest BCUT2D eigenvalue weighted by atomic mass is 19.4. The molecular weight excluding hydrogens is 431 g/mol. The van der Waals surface area contributed by atoms with Gasteiger partial charge in [-0.2, -0.15) is 13.2 Å². The highest BCUT2D eigenvalue weighted by Crippen LogP contribution is 2.45.